The van der Waals surface area contributed by atoms with E-state index >= 15 is 0 Å². The third kappa shape index (κ3) is 7.56. The summed E-state index contributed by atoms with van der Waals surface area (Å²) in [6.07, 6.45) is 4.49. The fourth-order valence-electron chi connectivity index (χ4n) is 5.86. The average molecular weight is 713 g/mol. The molecule has 2 amide bonds. The fraction of sp³-hybridized carbons (Fsp3) is 0.263. The number of carbonyl (C=O) groups excluding carboxylic acids is 3. The Morgan fingerprint density at radius 1 is 0.960 bits per heavy atom. The molecular formula is C38H35Cl2N5O5. The highest BCUT2D eigenvalue weighted by Gasteiger charge is 2.29. The monoisotopic (exact) mass is 711 g/mol. The quantitative estimate of drug-likeness (QED) is 0.152. The van der Waals surface area contributed by atoms with Crippen LogP contribution in [0, 0.1) is 0 Å². The molecule has 5 aromatic rings. The van der Waals surface area contributed by atoms with E-state index in [1.54, 1.807) is 17.2 Å². The number of nitrogens with one attached hydrogen (secondary N) is 1. The number of nitrogens with zero attached hydrogens (tertiary/aromatic N) is 4. The van der Waals surface area contributed by atoms with E-state index < -0.39 is 11.7 Å². The van der Waals surface area contributed by atoms with Gasteiger partial charge in [-0.25, -0.2) is 9.78 Å². The molecule has 10 nitrogen and oxygen atoms in total. The van der Waals surface area contributed by atoms with Gasteiger partial charge in [0.2, 0.25) is 11.8 Å². The van der Waals surface area contributed by atoms with Crippen LogP contribution in [0.1, 0.15) is 49.5 Å². The van der Waals surface area contributed by atoms with Gasteiger partial charge in [-0.15, -0.1) is 0 Å². The number of fused-ring (bicyclic) bond motifs is 1. The predicted molar refractivity (Wildman–Crippen MR) is 193 cm³/mol. The van der Waals surface area contributed by atoms with Crippen molar-refractivity contribution in [3.63, 3.8) is 0 Å². The van der Waals surface area contributed by atoms with E-state index in [0.29, 0.717) is 79.1 Å². The number of halogens is 2. The first-order valence-electron chi connectivity index (χ1n) is 16.0. The molecule has 12 heteroatoms. The maximum absolute atomic E-state index is 13.2. The Bertz CT molecular complexity index is 2120. The predicted octanol–water partition coefficient (Wildman–Crippen LogP) is 8.17. The van der Waals surface area contributed by atoms with E-state index in [2.05, 4.69) is 15.3 Å². The molecule has 1 saturated heterocycles. The number of carbonyl (C=O) groups is 3. The second kappa shape index (κ2) is 14.4. The lowest BCUT2D eigenvalue weighted by atomic mass is 9.98. The number of hydrogen-bond donors (Lipinski definition) is 1. The second-order valence-electron chi connectivity index (χ2n) is 13.0. The lowest BCUT2D eigenvalue weighted by Crippen LogP contribution is -2.43. The smallest absolute Gasteiger partial charge is 0.410 e. The number of pyridine rings is 3. The zero-order chi connectivity index (χ0) is 35.6. The van der Waals surface area contributed by atoms with Crippen LogP contribution in [-0.4, -0.2) is 63.4 Å². The summed E-state index contributed by atoms with van der Waals surface area (Å²) in [7, 11) is 1.52. The van der Waals surface area contributed by atoms with E-state index in [1.807, 2.05) is 75.4 Å². The Hall–Kier alpha value is -5.06. The van der Waals surface area contributed by atoms with Crippen LogP contribution in [0.2, 0.25) is 10.0 Å². The molecule has 1 N–H and O–H groups in total. The summed E-state index contributed by atoms with van der Waals surface area (Å²) in [6, 6.07) is 18.4. The molecule has 50 heavy (non-hydrogen) atoms. The minimum Gasteiger partial charge on any atom is -0.481 e. The highest BCUT2D eigenvalue weighted by Crippen LogP contribution is 2.42. The van der Waals surface area contributed by atoms with Gasteiger partial charge in [-0.2, -0.15) is 0 Å². The fourth-order valence-corrected chi connectivity index (χ4v) is 6.51. The van der Waals surface area contributed by atoms with E-state index in [4.69, 9.17) is 37.7 Å². The molecular weight excluding hydrogens is 677 g/mol. The molecule has 1 aliphatic rings. The van der Waals surface area contributed by atoms with Crippen LogP contribution in [0.4, 0.5) is 4.79 Å². The summed E-state index contributed by atoms with van der Waals surface area (Å²) in [6.45, 7) is 5.86. The van der Waals surface area contributed by atoms with Crippen molar-refractivity contribution in [1.29, 1.82) is 0 Å². The van der Waals surface area contributed by atoms with E-state index in [0.717, 1.165) is 11.7 Å². The molecule has 0 radical (unpaired) electrons. The Morgan fingerprint density at radius 2 is 1.64 bits per heavy atom. The molecule has 0 unspecified atom stereocenters. The summed E-state index contributed by atoms with van der Waals surface area (Å²) >= 11 is 14.1. The first-order valence-corrected chi connectivity index (χ1v) is 16.8. The van der Waals surface area contributed by atoms with E-state index in [9.17, 15) is 14.4 Å². The maximum Gasteiger partial charge on any atom is 0.410 e. The first-order chi connectivity index (χ1) is 23.9. The number of ether oxygens (including phenoxy) is 2. The number of amides is 2. The Morgan fingerprint density at radius 3 is 2.26 bits per heavy atom. The van der Waals surface area contributed by atoms with Crippen molar-refractivity contribution in [1.82, 2.24) is 25.2 Å². The van der Waals surface area contributed by atoms with Crippen LogP contribution in [0.3, 0.4) is 0 Å². The van der Waals surface area contributed by atoms with Crippen molar-refractivity contribution in [2.24, 2.45) is 0 Å². The Labute approximate surface area is 299 Å². The number of methoxy groups -OCH3 is 1. The highest BCUT2D eigenvalue weighted by molar-refractivity contribution is 6.39. The van der Waals surface area contributed by atoms with Gasteiger partial charge in [-0.05, 0) is 51.5 Å². The molecule has 0 spiro atoms. The average Bonchev–Trinajstić information content (AvgIpc) is 3.51. The van der Waals surface area contributed by atoms with Gasteiger partial charge in [0.15, 0.2) is 6.29 Å². The molecule has 0 saturated carbocycles. The van der Waals surface area contributed by atoms with E-state index in [-0.39, 0.29) is 25.0 Å². The van der Waals surface area contributed by atoms with Gasteiger partial charge < -0.3 is 19.7 Å². The van der Waals surface area contributed by atoms with Crippen LogP contribution in [-0.2, 0) is 16.1 Å². The lowest BCUT2D eigenvalue weighted by Gasteiger charge is -2.29. The molecule has 3 aromatic heterocycles. The standard InChI is InChI=1S/C38H35Cl2N5O5/c1-38(2,3)50-37(48)45(20-25-12-14-33(47)43-25)19-23-11-13-30(44-36(23)49-4)28-9-5-7-26(34(28)39)27-8-6-10-29(35(27)40)32-16-31-24(18-42-32)15-22(21-46)17-41-31/h5-11,13,15-18,21,25H,12,14,19-20H2,1-4H3,(H,43,47)/t25-/m0/s1. The molecule has 1 aliphatic heterocycles. The normalized spacial score (nSPS) is 14.4. The minimum atomic E-state index is -0.698. The van der Waals surface area contributed by atoms with E-state index in [1.165, 1.54) is 13.3 Å². The summed E-state index contributed by atoms with van der Waals surface area (Å²) < 4.78 is 11.4. The highest BCUT2D eigenvalue weighted by atomic mass is 35.5. The molecule has 6 rings (SSSR count). The zero-order valence-electron chi connectivity index (χ0n) is 28.0. The van der Waals surface area contributed by atoms with Crippen LogP contribution < -0.4 is 10.1 Å². The third-order valence-electron chi connectivity index (χ3n) is 8.23. The van der Waals surface area contributed by atoms with Crippen LogP contribution in [0.25, 0.3) is 44.5 Å². The van der Waals surface area contributed by atoms with Gasteiger partial charge in [0.1, 0.15) is 5.60 Å². The summed E-state index contributed by atoms with van der Waals surface area (Å²) in [4.78, 5) is 51.6. The summed E-state index contributed by atoms with van der Waals surface area (Å²) in [5, 5.41) is 4.57. The van der Waals surface area contributed by atoms with Crippen molar-refractivity contribution < 1.29 is 23.9 Å². The van der Waals surface area contributed by atoms with Crippen LogP contribution in [0.5, 0.6) is 5.88 Å². The van der Waals surface area contributed by atoms with Crippen LogP contribution in [0.15, 0.2) is 73.1 Å². The van der Waals surface area contributed by atoms with Gasteiger partial charge in [-0.1, -0.05) is 59.6 Å². The number of aldehydes is 1. The largest absolute Gasteiger partial charge is 0.481 e. The molecule has 4 heterocycles. The van der Waals surface area contributed by atoms with Crippen molar-refractivity contribution >= 4 is 52.4 Å². The van der Waals surface area contributed by atoms with Crippen molar-refractivity contribution in [2.75, 3.05) is 13.7 Å². The number of hydrogen-bond acceptors (Lipinski definition) is 8. The molecule has 256 valence electrons. The van der Waals surface area contributed by atoms with Crippen LogP contribution >= 0.6 is 23.2 Å². The molecule has 0 bridgehead atoms. The topological polar surface area (TPSA) is 124 Å². The Balaban J connectivity index is 1.31. The Kier molecular flexibility index (Phi) is 10.0. The summed E-state index contributed by atoms with van der Waals surface area (Å²) in [5.74, 6) is 0.289. The molecule has 0 aliphatic carbocycles. The molecule has 1 fully saturated rings. The SMILES string of the molecule is COc1nc(-c2cccc(-c3cccc(-c4cc5ncc(C=O)cc5cn4)c3Cl)c2Cl)ccc1CN(C[C@@H]1CCC(=O)N1)C(=O)OC(C)(C)C. The lowest BCUT2D eigenvalue weighted by molar-refractivity contribution is -0.119. The van der Waals surface area contributed by atoms with Gasteiger partial charge in [0.25, 0.3) is 0 Å². The zero-order valence-corrected chi connectivity index (χ0v) is 29.5. The van der Waals surface area contributed by atoms with Gasteiger partial charge in [0.05, 0.1) is 40.6 Å². The number of benzene rings is 2. The molecule has 2 aromatic carbocycles. The minimum absolute atomic E-state index is 0.0346. The third-order valence-corrected chi connectivity index (χ3v) is 9.05. The molecule has 1 atom stereocenters. The van der Waals surface area contributed by atoms with Crippen molar-refractivity contribution in [2.45, 2.75) is 51.8 Å². The van der Waals surface area contributed by atoms with Gasteiger partial charge in [0, 0.05) is 70.2 Å². The van der Waals surface area contributed by atoms with Crippen molar-refractivity contribution in [3.8, 4) is 39.5 Å². The number of aromatic nitrogens is 3. The number of rotatable bonds is 9. The van der Waals surface area contributed by atoms with Gasteiger partial charge in [-0.3, -0.25) is 19.6 Å². The van der Waals surface area contributed by atoms with Crippen molar-refractivity contribution in [3.05, 3.63) is 94.2 Å². The first kappa shape index (κ1) is 34.8. The summed E-state index contributed by atoms with van der Waals surface area (Å²) in [5.41, 5.74) is 5.07. The second-order valence-corrected chi connectivity index (χ2v) is 13.8. The maximum atomic E-state index is 13.2. The van der Waals surface area contributed by atoms with Gasteiger partial charge >= 0.3 is 6.09 Å².